The molecule has 0 bridgehead atoms. The largest absolute Gasteiger partial charge is 0.321 e. The average Bonchev–Trinajstić information content (AvgIpc) is 3.10. The molecule has 1 amide bonds. The van der Waals surface area contributed by atoms with E-state index in [0.29, 0.717) is 17.4 Å². The SMILES string of the molecule is CS1(c2ccc(-c3ccc(C(=O)Nc4cccc(F)c4)s3)cc2)OCO1.[HH]. The Morgan fingerprint density at radius 2 is 1.92 bits per heavy atom. The van der Waals surface area contributed by atoms with Gasteiger partial charge in [0.2, 0.25) is 0 Å². The van der Waals surface area contributed by atoms with Crippen LogP contribution in [0.3, 0.4) is 0 Å². The van der Waals surface area contributed by atoms with Crippen LogP contribution in [0.15, 0.2) is 65.6 Å². The van der Waals surface area contributed by atoms with E-state index in [-0.39, 0.29) is 13.2 Å². The molecule has 0 spiro atoms. The second kappa shape index (κ2) is 6.85. The van der Waals surface area contributed by atoms with Gasteiger partial charge in [0.15, 0.2) is 6.79 Å². The maximum absolute atomic E-state index is 13.2. The van der Waals surface area contributed by atoms with Crippen molar-refractivity contribution in [2.24, 2.45) is 0 Å². The number of halogens is 1. The normalized spacial score (nSPS) is 16.5. The Morgan fingerprint density at radius 3 is 2.58 bits per heavy atom. The number of anilines is 1. The van der Waals surface area contributed by atoms with Gasteiger partial charge in [0.05, 0.1) is 9.77 Å². The fourth-order valence-corrected chi connectivity index (χ4v) is 4.76. The van der Waals surface area contributed by atoms with Gasteiger partial charge in [-0.25, -0.2) is 12.8 Å². The summed E-state index contributed by atoms with van der Waals surface area (Å²) in [6.45, 7) is 0.349. The van der Waals surface area contributed by atoms with E-state index in [1.807, 2.05) is 36.6 Å². The number of amides is 1. The summed E-state index contributed by atoms with van der Waals surface area (Å²) < 4.78 is 24.3. The molecule has 4 nitrogen and oxygen atoms in total. The predicted molar refractivity (Wildman–Crippen MR) is 105 cm³/mol. The number of rotatable bonds is 4. The Kier molecular flexibility index (Phi) is 4.54. The highest BCUT2D eigenvalue weighted by molar-refractivity contribution is 8.26. The van der Waals surface area contributed by atoms with Gasteiger partial charge >= 0.3 is 0 Å². The van der Waals surface area contributed by atoms with Crippen LogP contribution in [-0.4, -0.2) is 19.0 Å². The van der Waals surface area contributed by atoms with Crippen LogP contribution in [0, 0.1) is 5.82 Å². The molecule has 0 atom stereocenters. The Morgan fingerprint density at radius 1 is 1.15 bits per heavy atom. The van der Waals surface area contributed by atoms with Crippen molar-refractivity contribution >= 4 is 33.5 Å². The number of hydrogen-bond donors (Lipinski definition) is 1. The minimum absolute atomic E-state index is 0. The third kappa shape index (κ3) is 3.39. The lowest BCUT2D eigenvalue weighted by Gasteiger charge is -2.46. The summed E-state index contributed by atoms with van der Waals surface area (Å²) in [5, 5.41) is 2.71. The van der Waals surface area contributed by atoms with Gasteiger partial charge in [-0.05, 0) is 48.0 Å². The molecule has 3 aromatic rings. The topological polar surface area (TPSA) is 47.6 Å². The van der Waals surface area contributed by atoms with E-state index in [4.69, 9.17) is 8.37 Å². The molecular weight excluding hydrogens is 373 g/mol. The Balaban J connectivity index is 0.00000210. The van der Waals surface area contributed by atoms with Gasteiger partial charge in [0.1, 0.15) is 5.82 Å². The third-order valence-electron chi connectivity index (χ3n) is 4.03. The summed E-state index contributed by atoms with van der Waals surface area (Å²) in [7, 11) is -1.55. The second-order valence-corrected chi connectivity index (χ2v) is 9.35. The van der Waals surface area contributed by atoms with Gasteiger partial charge in [-0.1, -0.05) is 18.2 Å². The molecule has 0 saturated carbocycles. The molecule has 0 unspecified atom stereocenters. The first-order chi connectivity index (χ1) is 12.5. The van der Waals surface area contributed by atoms with Crippen LogP contribution in [0.2, 0.25) is 0 Å². The summed E-state index contributed by atoms with van der Waals surface area (Å²) in [6.07, 6.45) is 1.96. The Labute approximate surface area is 157 Å². The first kappa shape index (κ1) is 17.2. The smallest absolute Gasteiger partial charge is 0.265 e. The number of benzene rings is 2. The lowest BCUT2D eigenvalue weighted by molar-refractivity contribution is 0.0490. The van der Waals surface area contributed by atoms with Crippen molar-refractivity contribution in [3.63, 3.8) is 0 Å². The maximum Gasteiger partial charge on any atom is 0.265 e. The van der Waals surface area contributed by atoms with Crippen molar-refractivity contribution in [2.75, 3.05) is 18.4 Å². The maximum atomic E-state index is 13.2. The minimum atomic E-state index is -1.55. The summed E-state index contributed by atoms with van der Waals surface area (Å²) >= 11 is 1.39. The van der Waals surface area contributed by atoms with Crippen LogP contribution >= 0.6 is 21.9 Å². The fraction of sp³-hybridized carbons (Fsp3) is 0.105. The van der Waals surface area contributed by atoms with Gasteiger partial charge in [0, 0.05) is 18.2 Å². The van der Waals surface area contributed by atoms with Gasteiger partial charge in [-0.15, -0.1) is 11.3 Å². The molecular formula is C19H18FNO3S2. The number of carbonyl (C=O) groups is 1. The number of nitrogens with one attached hydrogen (secondary N) is 1. The van der Waals surface area contributed by atoms with Gasteiger partial charge in [-0.3, -0.25) is 4.79 Å². The van der Waals surface area contributed by atoms with E-state index in [9.17, 15) is 9.18 Å². The monoisotopic (exact) mass is 391 g/mol. The Hall–Kier alpha value is -2.19. The molecule has 1 aromatic heterocycles. The molecule has 1 N–H and O–H groups in total. The average molecular weight is 391 g/mol. The predicted octanol–water partition coefficient (Wildman–Crippen LogP) is 5.68. The van der Waals surface area contributed by atoms with Crippen LogP contribution in [0.4, 0.5) is 10.1 Å². The quantitative estimate of drug-likeness (QED) is 0.622. The summed E-state index contributed by atoms with van der Waals surface area (Å²) in [5.74, 6) is -0.637. The molecule has 4 rings (SSSR count). The molecule has 26 heavy (non-hydrogen) atoms. The molecule has 2 aromatic carbocycles. The lowest BCUT2D eigenvalue weighted by Crippen LogP contribution is -2.20. The molecule has 1 saturated heterocycles. The molecule has 1 aliphatic rings. The van der Waals surface area contributed by atoms with E-state index in [1.165, 1.54) is 23.5 Å². The van der Waals surface area contributed by atoms with Crippen molar-refractivity contribution in [2.45, 2.75) is 4.90 Å². The Bertz CT molecular complexity index is 958. The van der Waals surface area contributed by atoms with E-state index in [2.05, 4.69) is 5.32 Å². The van der Waals surface area contributed by atoms with Crippen LogP contribution in [-0.2, 0) is 8.37 Å². The van der Waals surface area contributed by atoms with Crippen LogP contribution < -0.4 is 5.32 Å². The standard InChI is InChI=1S/C19H16FNO3S2.H2/c1-26(23-12-24-26)16-7-5-13(6-8-16)17-9-10-18(25-17)19(22)21-15-4-2-3-14(20)11-15;/h2-11H,12H2,1H3,(H,21,22);1H. The highest BCUT2D eigenvalue weighted by atomic mass is 32.3. The first-order valence-electron chi connectivity index (χ1n) is 7.88. The fourth-order valence-electron chi connectivity index (χ4n) is 2.57. The van der Waals surface area contributed by atoms with E-state index in [0.717, 1.165) is 15.3 Å². The third-order valence-corrected chi connectivity index (χ3v) is 7.38. The summed E-state index contributed by atoms with van der Waals surface area (Å²) in [6, 6.07) is 17.5. The molecule has 1 fully saturated rings. The van der Waals surface area contributed by atoms with E-state index < -0.39 is 10.6 Å². The van der Waals surface area contributed by atoms with E-state index >= 15 is 0 Å². The van der Waals surface area contributed by atoms with Crippen molar-refractivity contribution in [1.82, 2.24) is 0 Å². The van der Waals surface area contributed by atoms with Crippen molar-refractivity contribution in [3.05, 3.63) is 71.4 Å². The molecule has 0 aliphatic carbocycles. The molecule has 136 valence electrons. The zero-order valence-corrected chi connectivity index (χ0v) is 15.5. The van der Waals surface area contributed by atoms with Gasteiger partial charge in [-0.2, -0.15) is 10.6 Å². The van der Waals surface area contributed by atoms with Gasteiger partial charge < -0.3 is 5.32 Å². The molecule has 1 aliphatic heterocycles. The highest BCUT2D eigenvalue weighted by Crippen LogP contribution is 2.60. The van der Waals surface area contributed by atoms with Crippen LogP contribution in [0.1, 0.15) is 11.1 Å². The van der Waals surface area contributed by atoms with Crippen molar-refractivity contribution < 1.29 is 19.0 Å². The molecule has 0 radical (unpaired) electrons. The van der Waals surface area contributed by atoms with Crippen molar-refractivity contribution in [3.8, 4) is 10.4 Å². The number of thiophene rings is 1. The molecule has 2 heterocycles. The first-order valence-corrected chi connectivity index (χ1v) is 10.6. The second-order valence-electron chi connectivity index (χ2n) is 5.78. The van der Waals surface area contributed by atoms with Gasteiger partial charge in [0.25, 0.3) is 5.91 Å². The minimum Gasteiger partial charge on any atom is -0.321 e. The zero-order valence-electron chi connectivity index (χ0n) is 13.9. The van der Waals surface area contributed by atoms with Crippen LogP contribution in [0.25, 0.3) is 10.4 Å². The molecule has 7 heteroatoms. The van der Waals surface area contributed by atoms with Crippen molar-refractivity contribution in [1.29, 1.82) is 0 Å². The summed E-state index contributed by atoms with van der Waals surface area (Å²) in [5.41, 5.74) is 1.46. The summed E-state index contributed by atoms with van der Waals surface area (Å²) in [4.78, 5) is 14.9. The van der Waals surface area contributed by atoms with Crippen LogP contribution in [0.5, 0.6) is 0 Å². The lowest BCUT2D eigenvalue weighted by atomic mass is 10.2. The number of hydrogen-bond acceptors (Lipinski definition) is 4. The highest BCUT2D eigenvalue weighted by Gasteiger charge is 2.27. The van der Waals surface area contributed by atoms with E-state index in [1.54, 1.807) is 18.2 Å². The number of carbonyl (C=O) groups excluding carboxylic acids is 1. The zero-order chi connectivity index (χ0) is 18.1.